The van der Waals surface area contributed by atoms with Crippen LogP contribution in [0.1, 0.15) is 21.6 Å². The Labute approximate surface area is 182 Å². The smallest absolute Gasteiger partial charge is 0.661 e. The van der Waals surface area contributed by atoms with Crippen molar-refractivity contribution < 1.29 is 37.5 Å². The van der Waals surface area contributed by atoms with Crippen molar-refractivity contribution in [2.45, 2.75) is 13.5 Å². The van der Waals surface area contributed by atoms with Crippen molar-refractivity contribution in [3.8, 4) is 0 Å². The maximum Gasteiger partial charge on any atom is 3.00 e. The zero-order chi connectivity index (χ0) is 17.3. The second-order valence-electron chi connectivity index (χ2n) is 5.24. The molecule has 25 heavy (non-hydrogen) atoms. The molecule has 1 amide bonds. The van der Waals surface area contributed by atoms with Gasteiger partial charge in [-0.3, -0.25) is 9.59 Å². The van der Waals surface area contributed by atoms with Gasteiger partial charge in [-0.05, 0) is 46.6 Å². The normalized spacial score (nSPS) is 10.4. The van der Waals surface area contributed by atoms with Crippen LogP contribution in [-0.2, 0) is 39.3 Å². The molecule has 0 aliphatic carbocycles. The summed E-state index contributed by atoms with van der Waals surface area (Å²) in [4.78, 5) is 33.3. The van der Waals surface area contributed by atoms with Crippen LogP contribution in [0.25, 0.3) is 10.9 Å². The number of hydrogen-bond acceptors (Lipinski definition) is 3. The van der Waals surface area contributed by atoms with Crippen LogP contribution in [0.2, 0.25) is 5.02 Å². The third kappa shape index (κ3) is 4.56. The first-order chi connectivity index (χ1) is 11.5. The number of nitrogens with zero attached hydrogens (tertiary/aromatic N) is 2. The molecule has 0 saturated heterocycles. The van der Waals surface area contributed by atoms with Crippen LogP contribution in [0.4, 0.5) is 0 Å². The van der Waals surface area contributed by atoms with Gasteiger partial charge in [0, 0.05) is 22.6 Å². The minimum Gasteiger partial charge on any atom is -0.661 e. The second kappa shape index (κ2) is 8.54. The number of fused-ring (bicyclic) bond motifs is 1. The Morgan fingerprint density at radius 3 is 2.68 bits per heavy atom. The van der Waals surface area contributed by atoms with Crippen molar-refractivity contribution in [3.63, 3.8) is 0 Å². The van der Waals surface area contributed by atoms with Crippen molar-refractivity contribution in [2.75, 3.05) is 0 Å². The van der Waals surface area contributed by atoms with Gasteiger partial charge in [-0.15, -0.1) is 5.52 Å². The summed E-state index contributed by atoms with van der Waals surface area (Å²) in [5.74, 6) is -0.463. The van der Waals surface area contributed by atoms with E-state index in [1.165, 1.54) is 6.20 Å². The van der Waals surface area contributed by atoms with E-state index < -0.39 is 5.91 Å². The number of amides is 1. The molecule has 0 unspecified atom stereocenters. The van der Waals surface area contributed by atoms with Gasteiger partial charge in [0.05, 0.1) is 5.56 Å². The molecular weight excluding hydrogens is 482 g/mol. The minimum atomic E-state index is -0.463. The number of nitrogens with one attached hydrogen (secondary N) is 1. The van der Waals surface area contributed by atoms with Crippen LogP contribution < -0.4 is 15.7 Å². The third-order valence-electron chi connectivity index (χ3n) is 3.56. The van der Waals surface area contributed by atoms with Crippen molar-refractivity contribution in [2.24, 2.45) is 0 Å². The van der Waals surface area contributed by atoms with Gasteiger partial charge in [0.25, 0.3) is 5.91 Å². The van der Waals surface area contributed by atoms with Gasteiger partial charge in [-0.25, -0.2) is 4.98 Å². The molecule has 0 aliphatic heterocycles. The van der Waals surface area contributed by atoms with Gasteiger partial charge >= 0.3 is 32.7 Å². The first-order valence-electron chi connectivity index (χ1n) is 7.11. The molecule has 0 atom stereocenters. The van der Waals surface area contributed by atoms with E-state index in [0.29, 0.717) is 32.8 Å². The molecule has 8 heteroatoms. The summed E-state index contributed by atoms with van der Waals surface area (Å²) in [7, 11) is 0. The largest absolute Gasteiger partial charge is 3.00 e. The molecule has 0 saturated carbocycles. The summed E-state index contributed by atoms with van der Waals surface area (Å²) in [6.45, 7) is 2.06. The number of hydrogen-bond donors (Lipinski definition) is 1. The molecule has 0 spiro atoms. The summed E-state index contributed by atoms with van der Waals surface area (Å²) in [6.07, 6.45) is 1.30. The molecule has 1 N–H and O–H groups in total. The predicted molar refractivity (Wildman–Crippen MR) is 96.4 cm³/mol. The zero-order valence-electron chi connectivity index (χ0n) is 13.2. The van der Waals surface area contributed by atoms with E-state index in [9.17, 15) is 9.59 Å². The van der Waals surface area contributed by atoms with Crippen LogP contribution in [0.3, 0.4) is 0 Å². The summed E-state index contributed by atoms with van der Waals surface area (Å²) < 4.78 is 0.533. The van der Waals surface area contributed by atoms with E-state index in [-0.39, 0.29) is 43.7 Å². The van der Waals surface area contributed by atoms with Crippen molar-refractivity contribution in [1.82, 2.24) is 15.3 Å². The van der Waals surface area contributed by atoms with Gasteiger partial charge in [-0.2, -0.15) is 6.20 Å². The van der Waals surface area contributed by atoms with Crippen LogP contribution in [-0.4, -0.2) is 10.9 Å². The van der Waals surface area contributed by atoms with Gasteiger partial charge in [0.2, 0.25) is 0 Å². The Morgan fingerprint density at radius 2 is 2.00 bits per heavy atom. The van der Waals surface area contributed by atoms with E-state index >= 15 is 0 Å². The first-order valence-corrected chi connectivity index (χ1v) is 8.28. The van der Waals surface area contributed by atoms with E-state index in [1.807, 2.05) is 12.1 Å². The van der Waals surface area contributed by atoms with E-state index in [0.717, 1.165) is 5.56 Å². The molecular formula is C17H12BrClN3O2Y+2. The number of benzene rings is 1. The molecule has 5 nitrogen and oxygen atoms in total. The zero-order valence-corrected chi connectivity index (χ0v) is 18.4. The summed E-state index contributed by atoms with van der Waals surface area (Å²) >= 11 is 9.08. The summed E-state index contributed by atoms with van der Waals surface area (Å²) in [5, 5.41) is 3.71. The number of halogens is 2. The predicted octanol–water partition coefficient (Wildman–Crippen LogP) is 3.20. The van der Waals surface area contributed by atoms with Gasteiger partial charge in [0.1, 0.15) is 4.60 Å². The minimum absolute atomic E-state index is 0. The fraction of sp³-hybridized carbons (Fsp3) is 0.118. The molecule has 0 fully saturated rings. The third-order valence-corrected chi connectivity index (χ3v) is 4.22. The van der Waals surface area contributed by atoms with Crippen molar-refractivity contribution in [3.05, 3.63) is 73.2 Å². The second-order valence-corrected chi connectivity index (χ2v) is 6.49. The average molecular weight is 495 g/mol. The van der Waals surface area contributed by atoms with Crippen LogP contribution in [0, 0.1) is 6.92 Å². The van der Waals surface area contributed by atoms with E-state index in [2.05, 4.69) is 31.2 Å². The standard InChI is InChI=1S/C17H13BrClN3O2.Y/c1-9-15-12(6-14(18)22-9)16(23)13(8-20-15)17(24)21-7-10-2-4-11(19)5-3-10;/h2-6,8H,7H2,1H3,(H2,20,21,23,24);/q;+3/p-1. The van der Waals surface area contributed by atoms with Gasteiger partial charge < -0.3 is 10.3 Å². The molecule has 0 radical (unpaired) electrons. The van der Waals surface area contributed by atoms with E-state index in [4.69, 9.17) is 11.6 Å². The number of aromatic nitrogens is 2. The average Bonchev–Trinajstić information content (AvgIpc) is 2.55. The van der Waals surface area contributed by atoms with E-state index in [1.54, 1.807) is 25.1 Å². The molecule has 2 heterocycles. The molecule has 3 aromatic rings. The van der Waals surface area contributed by atoms with Crippen LogP contribution in [0.5, 0.6) is 0 Å². The van der Waals surface area contributed by atoms with Crippen molar-refractivity contribution >= 4 is 44.3 Å². The molecule has 122 valence electrons. The molecule has 3 rings (SSSR count). The maximum atomic E-state index is 12.6. The Balaban J connectivity index is 0.00000225. The van der Waals surface area contributed by atoms with Crippen molar-refractivity contribution in [1.29, 1.82) is 0 Å². The fourth-order valence-electron chi connectivity index (χ4n) is 2.34. The van der Waals surface area contributed by atoms with Crippen LogP contribution in [0.15, 0.2) is 45.9 Å². The summed E-state index contributed by atoms with van der Waals surface area (Å²) in [5.41, 5.74) is 1.66. The molecule has 0 bridgehead atoms. The monoisotopic (exact) mass is 493 g/mol. The SMILES string of the molecule is Cc1nc(Br)cc2c(=O)c(C(=O)NCc3ccc(Cl)cc3)c[n-]c12.[Y+3]. The first kappa shape index (κ1) is 20.2. The number of aryl methyl sites for hydroxylation is 1. The summed E-state index contributed by atoms with van der Waals surface area (Å²) in [6, 6.07) is 8.69. The Hall–Kier alpha value is -1.08. The maximum absolute atomic E-state index is 12.6. The number of carbonyl (C=O) groups excluding carboxylic acids is 1. The Morgan fingerprint density at radius 1 is 1.32 bits per heavy atom. The Bertz CT molecular complexity index is 990. The quantitative estimate of drug-likeness (QED) is 0.568. The fourth-order valence-corrected chi connectivity index (χ4v) is 2.96. The molecule has 0 aliphatic rings. The molecule has 1 aromatic carbocycles. The molecule has 2 aromatic heterocycles. The van der Waals surface area contributed by atoms with Crippen LogP contribution >= 0.6 is 27.5 Å². The number of rotatable bonds is 3. The van der Waals surface area contributed by atoms with Gasteiger partial charge in [-0.1, -0.05) is 23.7 Å². The number of pyridine rings is 2. The van der Waals surface area contributed by atoms with Gasteiger partial charge in [0.15, 0.2) is 5.43 Å². The number of carbonyl (C=O) groups is 1. The Kier molecular flexibility index (Phi) is 6.91. The topological polar surface area (TPSA) is 73.2 Å².